The second-order valence-electron chi connectivity index (χ2n) is 7.81. The Balaban J connectivity index is 2.07. The zero-order valence-electron chi connectivity index (χ0n) is 14.3. The van der Waals surface area contributed by atoms with Crippen LogP contribution < -0.4 is 0 Å². The molecule has 0 aromatic heterocycles. The van der Waals surface area contributed by atoms with E-state index in [4.69, 9.17) is 4.84 Å². The van der Waals surface area contributed by atoms with Crippen molar-refractivity contribution in [1.82, 2.24) is 9.96 Å². The van der Waals surface area contributed by atoms with Crippen molar-refractivity contribution in [2.24, 2.45) is 23.7 Å². The van der Waals surface area contributed by atoms with Gasteiger partial charge >= 0.3 is 0 Å². The minimum atomic E-state index is -0.441. The van der Waals surface area contributed by atoms with Gasteiger partial charge in [0, 0.05) is 13.0 Å². The van der Waals surface area contributed by atoms with Gasteiger partial charge in [-0.15, -0.1) is 5.06 Å². The molecule has 2 heterocycles. The first kappa shape index (κ1) is 15.9. The van der Waals surface area contributed by atoms with Crippen molar-refractivity contribution in [1.29, 1.82) is 0 Å². The lowest BCUT2D eigenvalue weighted by atomic mass is 9.69. The third-order valence-electron chi connectivity index (χ3n) is 6.16. The lowest BCUT2D eigenvalue weighted by molar-refractivity contribution is -0.261. The van der Waals surface area contributed by atoms with E-state index in [0.29, 0.717) is 17.8 Å². The first-order valence-corrected chi connectivity index (χ1v) is 8.53. The Hall–Kier alpha value is -0.940. The molecule has 2 saturated heterocycles. The molecule has 6 atom stereocenters. The van der Waals surface area contributed by atoms with Crippen LogP contribution in [-0.2, 0) is 14.4 Å². The van der Waals surface area contributed by atoms with Crippen molar-refractivity contribution in [2.45, 2.75) is 64.8 Å². The van der Waals surface area contributed by atoms with Gasteiger partial charge in [0.2, 0.25) is 5.91 Å². The van der Waals surface area contributed by atoms with Gasteiger partial charge in [-0.3, -0.25) is 9.63 Å². The second kappa shape index (κ2) is 5.31. The first-order chi connectivity index (χ1) is 10.3. The Bertz CT molecular complexity index is 481. The predicted molar refractivity (Wildman–Crippen MR) is 82.6 cm³/mol. The third kappa shape index (κ3) is 1.91. The van der Waals surface area contributed by atoms with E-state index in [1.807, 2.05) is 23.9 Å². The van der Waals surface area contributed by atoms with Gasteiger partial charge in [0.25, 0.3) is 0 Å². The van der Waals surface area contributed by atoms with Crippen LogP contribution in [0.4, 0.5) is 0 Å². The number of hydroxylamine groups is 2. The summed E-state index contributed by atoms with van der Waals surface area (Å²) in [4.78, 5) is 32.4. The molecule has 1 spiro atoms. The lowest BCUT2D eigenvalue weighted by Crippen LogP contribution is -2.61. The fourth-order valence-electron chi connectivity index (χ4n) is 5.01. The Morgan fingerprint density at radius 3 is 2.59 bits per heavy atom. The highest BCUT2D eigenvalue weighted by atomic mass is 16.7. The summed E-state index contributed by atoms with van der Waals surface area (Å²) in [5, 5.41) is 1.92. The van der Waals surface area contributed by atoms with Crippen molar-refractivity contribution in [3.8, 4) is 0 Å². The molecular weight excluding hydrogens is 280 g/mol. The van der Waals surface area contributed by atoms with Gasteiger partial charge in [0.15, 0.2) is 0 Å². The molecule has 5 heteroatoms. The van der Waals surface area contributed by atoms with Gasteiger partial charge < -0.3 is 9.69 Å². The molecular formula is C17H28N2O3. The molecule has 2 aliphatic heterocycles. The molecule has 3 aliphatic rings. The fraction of sp³-hybridized carbons (Fsp3) is 0.882. The molecule has 0 aromatic rings. The third-order valence-corrected chi connectivity index (χ3v) is 6.16. The molecule has 1 aliphatic carbocycles. The molecule has 124 valence electrons. The summed E-state index contributed by atoms with van der Waals surface area (Å²) >= 11 is 0. The number of fused-ring (bicyclic) bond motifs is 2. The molecule has 3 rings (SSSR count). The topological polar surface area (TPSA) is 49.9 Å². The molecule has 1 unspecified atom stereocenters. The van der Waals surface area contributed by atoms with Crippen LogP contribution in [0.2, 0.25) is 0 Å². The van der Waals surface area contributed by atoms with Crippen molar-refractivity contribution in [3.63, 3.8) is 0 Å². The van der Waals surface area contributed by atoms with Gasteiger partial charge in [0.1, 0.15) is 18.0 Å². The van der Waals surface area contributed by atoms with Crippen LogP contribution in [0.5, 0.6) is 0 Å². The fourth-order valence-corrected chi connectivity index (χ4v) is 5.01. The van der Waals surface area contributed by atoms with E-state index < -0.39 is 6.04 Å². The molecule has 0 aromatic carbocycles. The summed E-state index contributed by atoms with van der Waals surface area (Å²) < 4.78 is 0. The summed E-state index contributed by atoms with van der Waals surface area (Å²) in [6.07, 6.45) is 3.90. The molecule has 0 N–H and O–H groups in total. The number of nitrogens with zero attached hydrogens (tertiary/aromatic N) is 2. The maximum absolute atomic E-state index is 12.9. The number of rotatable bonds is 2. The number of hydrogen-bond acceptors (Lipinski definition) is 4. The molecule has 0 radical (unpaired) electrons. The average molecular weight is 308 g/mol. The lowest BCUT2D eigenvalue weighted by Gasteiger charge is -2.52. The van der Waals surface area contributed by atoms with E-state index in [1.165, 1.54) is 6.42 Å². The minimum Gasteiger partial charge on any atom is -0.323 e. The van der Waals surface area contributed by atoms with E-state index in [2.05, 4.69) is 20.8 Å². The Morgan fingerprint density at radius 2 is 2.00 bits per heavy atom. The van der Waals surface area contributed by atoms with Gasteiger partial charge in [-0.05, 0) is 31.6 Å². The van der Waals surface area contributed by atoms with E-state index in [9.17, 15) is 9.59 Å². The van der Waals surface area contributed by atoms with E-state index in [0.717, 1.165) is 19.1 Å². The molecule has 5 nitrogen and oxygen atoms in total. The van der Waals surface area contributed by atoms with E-state index in [-0.39, 0.29) is 23.6 Å². The van der Waals surface area contributed by atoms with Gasteiger partial charge in [-0.2, -0.15) is 0 Å². The summed E-state index contributed by atoms with van der Waals surface area (Å²) in [5.41, 5.74) is -0.389. The smallest absolute Gasteiger partial charge is 0.244 e. The standard InChI is InChI=1S/C17H28N2O3/c1-10(2)14-7-6-11(3)8-17(14)18(5)16(21)15-13(9-20)12(4)22-19(15)17/h9-15H,6-8H2,1-5H3/t11-,12?,13-,14+,15+,17+/m1/s1. The van der Waals surface area contributed by atoms with Crippen LogP contribution in [0.3, 0.4) is 0 Å². The summed E-state index contributed by atoms with van der Waals surface area (Å²) in [6.45, 7) is 8.60. The zero-order chi connectivity index (χ0) is 16.2. The molecule has 22 heavy (non-hydrogen) atoms. The molecule has 1 saturated carbocycles. The van der Waals surface area contributed by atoms with Crippen LogP contribution in [0.25, 0.3) is 0 Å². The minimum absolute atomic E-state index is 0.0428. The van der Waals surface area contributed by atoms with Gasteiger partial charge in [-0.25, -0.2) is 0 Å². The highest BCUT2D eigenvalue weighted by Gasteiger charge is 2.66. The van der Waals surface area contributed by atoms with Crippen LogP contribution in [0, 0.1) is 23.7 Å². The predicted octanol–water partition coefficient (Wildman–Crippen LogP) is 2.07. The summed E-state index contributed by atoms with van der Waals surface area (Å²) in [7, 11) is 1.89. The SMILES string of the molecule is CC1ON2[C@H](C(=O)N(C)[C@@]23C[C@H](C)CC[C@H]3C(C)C)[C@@H]1C=O. The Labute approximate surface area is 132 Å². The van der Waals surface area contributed by atoms with E-state index >= 15 is 0 Å². The highest BCUT2D eigenvalue weighted by Crippen LogP contribution is 2.53. The maximum Gasteiger partial charge on any atom is 0.244 e. The highest BCUT2D eigenvalue weighted by molar-refractivity contribution is 5.88. The Kier molecular flexibility index (Phi) is 3.84. The molecule has 3 fully saturated rings. The number of aldehydes is 1. The Morgan fingerprint density at radius 1 is 1.32 bits per heavy atom. The number of carbonyl (C=O) groups excluding carboxylic acids is 2. The quantitative estimate of drug-likeness (QED) is 0.733. The molecule has 1 amide bonds. The largest absolute Gasteiger partial charge is 0.323 e. The van der Waals surface area contributed by atoms with Crippen LogP contribution >= 0.6 is 0 Å². The van der Waals surface area contributed by atoms with Crippen molar-refractivity contribution in [3.05, 3.63) is 0 Å². The van der Waals surface area contributed by atoms with E-state index in [1.54, 1.807) is 0 Å². The van der Waals surface area contributed by atoms with Crippen LogP contribution in [-0.4, -0.2) is 47.0 Å². The molecule has 0 bridgehead atoms. The normalized spacial score (nSPS) is 45.8. The van der Waals surface area contributed by atoms with Crippen molar-refractivity contribution in [2.75, 3.05) is 7.05 Å². The monoisotopic (exact) mass is 308 g/mol. The average Bonchev–Trinajstić information content (AvgIpc) is 2.89. The number of likely N-dealkylation sites (N-methyl/N-ethyl adjacent to an activating group) is 1. The van der Waals surface area contributed by atoms with Crippen molar-refractivity contribution >= 4 is 12.2 Å². The van der Waals surface area contributed by atoms with Gasteiger partial charge in [-0.1, -0.05) is 27.2 Å². The van der Waals surface area contributed by atoms with Crippen molar-refractivity contribution < 1.29 is 14.4 Å². The maximum atomic E-state index is 12.9. The van der Waals surface area contributed by atoms with Crippen LogP contribution in [0.15, 0.2) is 0 Å². The summed E-state index contributed by atoms with van der Waals surface area (Å²) in [5.74, 6) is 1.08. The number of amides is 1. The number of hydrogen-bond donors (Lipinski definition) is 0. The first-order valence-electron chi connectivity index (χ1n) is 8.53. The number of carbonyl (C=O) groups is 2. The second-order valence-corrected chi connectivity index (χ2v) is 7.81. The van der Waals surface area contributed by atoms with Gasteiger partial charge in [0.05, 0.1) is 12.0 Å². The van der Waals surface area contributed by atoms with Crippen LogP contribution in [0.1, 0.15) is 47.0 Å². The zero-order valence-corrected chi connectivity index (χ0v) is 14.3. The summed E-state index contributed by atoms with van der Waals surface area (Å²) in [6, 6.07) is -0.441.